The summed E-state index contributed by atoms with van der Waals surface area (Å²) in [5, 5.41) is 0.387. The molecule has 2 aliphatic rings. The van der Waals surface area contributed by atoms with Gasteiger partial charge >= 0.3 is 6.09 Å². The highest BCUT2D eigenvalue weighted by Crippen LogP contribution is 2.39. The van der Waals surface area contributed by atoms with Crippen molar-refractivity contribution in [2.75, 3.05) is 0 Å². The number of hydrogen-bond donors (Lipinski definition) is 0. The molecule has 4 rings (SSSR count). The van der Waals surface area contributed by atoms with Crippen LogP contribution < -0.4 is 0 Å². The molecule has 1 saturated heterocycles. The summed E-state index contributed by atoms with van der Waals surface area (Å²) >= 11 is 5.98. The van der Waals surface area contributed by atoms with E-state index in [2.05, 4.69) is 6.08 Å². The predicted molar refractivity (Wildman–Crippen MR) is 99.3 cm³/mol. The van der Waals surface area contributed by atoms with E-state index in [1.54, 1.807) is 6.07 Å². The summed E-state index contributed by atoms with van der Waals surface area (Å²) in [5.41, 5.74) is 2.81. The van der Waals surface area contributed by atoms with Crippen LogP contribution in [0.15, 0.2) is 54.6 Å². The van der Waals surface area contributed by atoms with Crippen molar-refractivity contribution >= 4 is 23.3 Å². The molecule has 3 nitrogen and oxygen atoms in total. The molecule has 0 N–H and O–H groups in total. The molecule has 0 spiro atoms. The minimum absolute atomic E-state index is 0.00549. The molecule has 0 aliphatic carbocycles. The van der Waals surface area contributed by atoms with Gasteiger partial charge < -0.3 is 4.74 Å². The third kappa shape index (κ3) is 3.47. The Hall–Kier alpha value is -2.33. The number of carbonyl (C=O) groups excluding carboxylic acids is 1. The van der Waals surface area contributed by atoms with Gasteiger partial charge in [-0.2, -0.15) is 0 Å². The Bertz CT molecular complexity index is 832. The number of benzene rings is 2. The van der Waals surface area contributed by atoms with Crippen molar-refractivity contribution in [3.05, 3.63) is 76.6 Å². The molecule has 134 valence electrons. The molecule has 26 heavy (non-hydrogen) atoms. The lowest BCUT2D eigenvalue weighted by Gasteiger charge is -2.33. The van der Waals surface area contributed by atoms with Crippen molar-refractivity contribution in [3.63, 3.8) is 0 Å². The van der Waals surface area contributed by atoms with Crippen molar-refractivity contribution in [2.24, 2.45) is 0 Å². The van der Waals surface area contributed by atoms with Crippen LogP contribution in [0.1, 0.15) is 30.4 Å². The third-order valence-electron chi connectivity index (χ3n) is 5.04. The molecule has 2 bridgehead atoms. The Morgan fingerprint density at radius 3 is 2.73 bits per heavy atom. The number of ether oxygens (including phenoxy) is 1. The predicted octanol–water partition coefficient (Wildman–Crippen LogP) is 5.44. The van der Waals surface area contributed by atoms with Gasteiger partial charge in [0.2, 0.25) is 0 Å². The molecule has 0 saturated carbocycles. The average Bonchev–Trinajstić information content (AvgIpc) is 2.89. The summed E-state index contributed by atoms with van der Waals surface area (Å²) in [4.78, 5) is 14.4. The first-order valence-corrected chi connectivity index (χ1v) is 9.14. The lowest BCUT2D eigenvalue weighted by molar-refractivity contribution is 0.0832. The van der Waals surface area contributed by atoms with E-state index in [0.29, 0.717) is 11.4 Å². The van der Waals surface area contributed by atoms with Crippen LogP contribution in [0, 0.1) is 5.82 Å². The zero-order valence-electron chi connectivity index (χ0n) is 14.2. The smallest absolute Gasteiger partial charge is 0.410 e. The van der Waals surface area contributed by atoms with Crippen molar-refractivity contribution in [3.8, 4) is 0 Å². The molecule has 2 aliphatic heterocycles. The molecule has 1 fully saturated rings. The van der Waals surface area contributed by atoms with E-state index in [1.807, 2.05) is 35.2 Å². The van der Waals surface area contributed by atoms with Gasteiger partial charge in [-0.1, -0.05) is 48.0 Å². The summed E-state index contributed by atoms with van der Waals surface area (Å²) < 4.78 is 19.2. The molecule has 2 atom stereocenters. The standard InChI is InChI=1S/C21H19ClFNO2/c22-17-8-15(9-18(23)12-17)16-10-19-6-7-20(11-16)24(19)21(25)26-13-14-4-2-1-3-5-14/h1-5,8-10,12,19-20H,6-7,11,13H2. The fourth-order valence-corrected chi connectivity index (χ4v) is 4.08. The summed E-state index contributed by atoms with van der Waals surface area (Å²) in [6.07, 6.45) is 4.29. The van der Waals surface area contributed by atoms with Gasteiger partial charge in [-0.15, -0.1) is 0 Å². The van der Waals surface area contributed by atoms with Gasteiger partial charge in [0.15, 0.2) is 0 Å². The topological polar surface area (TPSA) is 29.5 Å². The van der Waals surface area contributed by atoms with Crippen LogP contribution in [0.4, 0.5) is 9.18 Å². The van der Waals surface area contributed by atoms with E-state index in [9.17, 15) is 9.18 Å². The van der Waals surface area contributed by atoms with Crippen LogP contribution >= 0.6 is 11.6 Å². The third-order valence-corrected chi connectivity index (χ3v) is 5.26. The lowest BCUT2D eigenvalue weighted by atomic mass is 9.95. The number of carbonyl (C=O) groups is 1. The Labute approximate surface area is 157 Å². The van der Waals surface area contributed by atoms with E-state index >= 15 is 0 Å². The van der Waals surface area contributed by atoms with Crippen LogP contribution in [-0.2, 0) is 11.3 Å². The molecule has 0 radical (unpaired) electrons. The Balaban J connectivity index is 1.48. The second-order valence-corrected chi connectivity index (χ2v) is 7.24. The van der Waals surface area contributed by atoms with Crippen molar-refractivity contribution < 1.29 is 13.9 Å². The van der Waals surface area contributed by atoms with E-state index in [0.717, 1.165) is 29.5 Å². The van der Waals surface area contributed by atoms with Crippen LogP contribution in [0.3, 0.4) is 0 Å². The summed E-state index contributed by atoms with van der Waals surface area (Å²) in [6.45, 7) is 0.270. The van der Waals surface area contributed by atoms with E-state index in [4.69, 9.17) is 16.3 Å². The van der Waals surface area contributed by atoms with Crippen LogP contribution in [0.2, 0.25) is 5.02 Å². The number of nitrogens with zero attached hydrogens (tertiary/aromatic N) is 1. The maximum atomic E-state index is 13.7. The van der Waals surface area contributed by atoms with Gasteiger partial charge in [0.25, 0.3) is 0 Å². The highest BCUT2D eigenvalue weighted by molar-refractivity contribution is 6.30. The molecule has 0 aromatic heterocycles. The highest BCUT2D eigenvalue weighted by Gasteiger charge is 2.40. The quantitative estimate of drug-likeness (QED) is 0.719. The maximum Gasteiger partial charge on any atom is 0.410 e. The van der Waals surface area contributed by atoms with Gasteiger partial charge in [0.1, 0.15) is 12.4 Å². The zero-order valence-corrected chi connectivity index (χ0v) is 15.0. The highest BCUT2D eigenvalue weighted by atomic mass is 35.5. The first kappa shape index (κ1) is 17.1. The number of fused-ring (bicyclic) bond motifs is 2. The zero-order chi connectivity index (χ0) is 18.1. The lowest BCUT2D eigenvalue weighted by Crippen LogP contribution is -2.43. The van der Waals surface area contributed by atoms with Crippen LogP contribution in [-0.4, -0.2) is 23.1 Å². The first-order valence-electron chi connectivity index (χ1n) is 8.76. The van der Waals surface area contributed by atoms with Gasteiger partial charge in [-0.05, 0) is 54.2 Å². The average molecular weight is 372 g/mol. The van der Waals surface area contributed by atoms with Gasteiger partial charge in [-0.25, -0.2) is 9.18 Å². The molecule has 2 unspecified atom stereocenters. The minimum Gasteiger partial charge on any atom is -0.445 e. The number of amides is 1. The Morgan fingerprint density at radius 2 is 2.00 bits per heavy atom. The molecule has 2 aromatic rings. The number of halogens is 2. The van der Waals surface area contributed by atoms with Gasteiger partial charge in [0.05, 0.1) is 6.04 Å². The van der Waals surface area contributed by atoms with E-state index in [-0.39, 0.29) is 30.6 Å². The normalized spacial score (nSPS) is 21.5. The molecular formula is C21H19ClFNO2. The molecule has 2 aromatic carbocycles. The van der Waals surface area contributed by atoms with Crippen molar-refractivity contribution in [1.82, 2.24) is 4.90 Å². The van der Waals surface area contributed by atoms with Crippen LogP contribution in [0.25, 0.3) is 5.57 Å². The van der Waals surface area contributed by atoms with E-state index < -0.39 is 0 Å². The fourth-order valence-electron chi connectivity index (χ4n) is 3.86. The Morgan fingerprint density at radius 1 is 1.19 bits per heavy atom. The maximum absolute atomic E-state index is 13.7. The Kier molecular flexibility index (Phi) is 4.68. The molecular weight excluding hydrogens is 353 g/mol. The minimum atomic E-state index is -0.342. The van der Waals surface area contributed by atoms with E-state index in [1.165, 1.54) is 12.1 Å². The van der Waals surface area contributed by atoms with Crippen molar-refractivity contribution in [2.45, 2.75) is 38.0 Å². The van der Waals surface area contributed by atoms with Crippen LogP contribution in [0.5, 0.6) is 0 Å². The number of rotatable bonds is 3. The summed E-state index contributed by atoms with van der Waals surface area (Å²) in [7, 11) is 0. The monoisotopic (exact) mass is 371 g/mol. The van der Waals surface area contributed by atoms with Gasteiger partial charge in [-0.3, -0.25) is 4.90 Å². The second-order valence-electron chi connectivity index (χ2n) is 6.80. The molecule has 1 amide bonds. The number of hydrogen-bond acceptors (Lipinski definition) is 2. The summed E-state index contributed by atoms with van der Waals surface area (Å²) in [5.74, 6) is -0.342. The summed E-state index contributed by atoms with van der Waals surface area (Å²) in [6, 6.07) is 14.3. The first-order chi connectivity index (χ1) is 12.6. The van der Waals surface area contributed by atoms with Crippen molar-refractivity contribution in [1.29, 1.82) is 0 Å². The second kappa shape index (κ2) is 7.12. The molecule has 2 heterocycles. The molecule has 5 heteroatoms. The van der Waals surface area contributed by atoms with Gasteiger partial charge in [0, 0.05) is 11.1 Å². The SMILES string of the molecule is O=C(OCc1ccccc1)N1C2C=C(c3cc(F)cc(Cl)c3)CC1CC2. The largest absolute Gasteiger partial charge is 0.445 e. The fraction of sp³-hybridized carbons (Fsp3) is 0.286.